The molecule has 1 N–H and O–H groups in total. The van der Waals surface area contributed by atoms with Crippen molar-refractivity contribution in [2.24, 2.45) is 10.8 Å². The monoisotopic (exact) mass is 350 g/mol. The number of likely N-dealkylation sites (tertiary alicyclic amines) is 1. The fourth-order valence-corrected chi connectivity index (χ4v) is 5.11. The third kappa shape index (κ3) is 3.38. The molecule has 2 atom stereocenters. The van der Waals surface area contributed by atoms with Crippen LogP contribution in [0.3, 0.4) is 0 Å². The lowest BCUT2D eigenvalue weighted by atomic mass is 9.65. The molecule has 1 saturated carbocycles. The zero-order valence-corrected chi connectivity index (χ0v) is 15.4. The summed E-state index contributed by atoms with van der Waals surface area (Å²) < 4.78 is 0. The van der Waals surface area contributed by atoms with Gasteiger partial charge in [-0.3, -0.25) is 10.1 Å². The maximum atomic E-state index is 12.4. The highest BCUT2D eigenvalue weighted by molar-refractivity contribution is 7.80. The molecule has 0 spiro atoms. The number of carbonyl (C=O) groups is 1. The van der Waals surface area contributed by atoms with Crippen molar-refractivity contribution < 1.29 is 4.79 Å². The average molecular weight is 351 g/mol. The van der Waals surface area contributed by atoms with Gasteiger partial charge in [0.1, 0.15) is 0 Å². The highest BCUT2D eigenvalue weighted by Crippen LogP contribution is 2.52. The van der Waals surface area contributed by atoms with Crippen LogP contribution in [0, 0.1) is 10.8 Å². The van der Waals surface area contributed by atoms with Crippen molar-refractivity contribution >= 4 is 34.8 Å². The fourth-order valence-electron chi connectivity index (χ4n) is 4.58. The summed E-state index contributed by atoms with van der Waals surface area (Å²) in [5.74, 6) is -0.230. The van der Waals surface area contributed by atoms with Crippen molar-refractivity contribution in [3.63, 3.8) is 0 Å². The molecule has 0 radical (unpaired) electrons. The van der Waals surface area contributed by atoms with Crippen molar-refractivity contribution in [2.45, 2.75) is 46.1 Å². The van der Waals surface area contributed by atoms with Crippen molar-refractivity contribution in [3.8, 4) is 0 Å². The van der Waals surface area contributed by atoms with Gasteiger partial charge in [-0.2, -0.15) is 0 Å². The number of thiocarbonyl (C=S) groups is 1. The summed E-state index contributed by atoms with van der Waals surface area (Å²) in [6, 6.07) is 7.46. The van der Waals surface area contributed by atoms with Crippen LogP contribution in [0.2, 0.25) is 5.02 Å². The molecule has 3 nitrogen and oxygen atoms in total. The SMILES string of the molecule is CC1(C)C[C@@H]2C[C@@](C)(CN2C(=S)NC(=O)c2ccccc2Cl)C1. The second-order valence-electron chi connectivity index (χ2n) is 8.08. The van der Waals surface area contributed by atoms with Crippen LogP contribution < -0.4 is 5.32 Å². The number of halogens is 1. The number of hydrogen-bond donors (Lipinski definition) is 1. The molecule has 1 saturated heterocycles. The molecule has 5 heteroatoms. The topological polar surface area (TPSA) is 32.3 Å². The van der Waals surface area contributed by atoms with Gasteiger partial charge in [0.15, 0.2) is 5.11 Å². The molecular formula is C18H23ClN2OS. The van der Waals surface area contributed by atoms with E-state index < -0.39 is 0 Å². The van der Waals surface area contributed by atoms with Crippen molar-refractivity contribution in [2.75, 3.05) is 6.54 Å². The van der Waals surface area contributed by atoms with Crippen LogP contribution in [-0.4, -0.2) is 28.5 Å². The van der Waals surface area contributed by atoms with E-state index in [1.54, 1.807) is 18.2 Å². The van der Waals surface area contributed by atoms with Crippen molar-refractivity contribution in [1.29, 1.82) is 0 Å². The molecular weight excluding hydrogens is 328 g/mol. The largest absolute Gasteiger partial charge is 0.345 e. The van der Waals surface area contributed by atoms with Gasteiger partial charge in [-0.25, -0.2) is 0 Å². The Kier molecular flexibility index (Phi) is 4.18. The minimum absolute atomic E-state index is 0.230. The lowest BCUT2D eigenvalue weighted by Crippen LogP contribution is -2.45. The van der Waals surface area contributed by atoms with E-state index in [9.17, 15) is 4.79 Å². The highest BCUT2D eigenvalue weighted by Gasteiger charge is 2.50. The molecule has 2 fully saturated rings. The van der Waals surface area contributed by atoms with Crippen LogP contribution in [0.5, 0.6) is 0 Å². The third-order valence-electron chi connectivity index (χ3n) is 5.01. The molecule has 2 aliphatic rings. The van der Waals surface area contributed by atoms with E-state index in [-0.39, 0.29) is 11.3 Å². The quantitative estimate of drug-likeness (QED) is 0.768. The van der Waals surface area contributed by atoms with Gasteiger partial charge in [-0.1, -0.05) is 44.5 Å². The Morgan fingerprint density at radius 3 is 2.70 bits per heavy atom. The van der Waals surface area contributed by atoms with E-state index in [2.05, 4.69) is 31.0 Å². The normalized spacial score (nSPS) is 28.5. The van der Waals surface area contributed by atoms with E-state index in [1.165, 1.54) is 6.42 Å². The van der Waals surface area contributed by atoms with E-state index in [0.29, 0.717) is 27.2 Å². The predicted octanol–water partition coefficient (Wildman–Crippen LogP) is 4.26. The molecule has 2 bridgehead atoms. The predicted molar refractivity (Wildman–Crippen MR) is 97.7 cm³/mol. The summed E-state index contributed by atoms with van der Waals surface area (Å²) in [6.07, 6.45) is 3.47. The second kappa shape index (κ2) is 5.75. The third-order valence-corrected chi connectivity index (χ3v) is 5.68. The van der Waals surface area contributed by atoms with Gasteiger partial charge in [0.2, 0.25) is 0 Å². The van der Waals surface area contributed by atoms with E-state index in [4.69, 9.17) is 23.8 Å². The van der Waals surface area contributed by atoms with Gasteiger partial charge in [0, 0.05) is 12.6 Å². The molecule has 1 amide bonds. The molecule has 1 aliphatic heterocycles. The molecule has 3 rings (SSSR count). The minimum Gasteiger partial charge on any atom is -0.345 e. The van der Waals surface area contributed by atoms with Crippen LogP contribution in [0.1, 0.15) is 50.4 Å². The number of hydrogen-bond acceptors (Lipinski definition) is 2. The van der Waals surface area contributed by atoms with Gasteiger partial charge >= 0.3 is 0 Å². The molecule has 124 valence electrons. The summed E-state index contributed by atoms with van der Waals surface area (Å²) in [5, 5.41) is 3.84. The first-order valence-corrected chi connectivity index (χ1v) is 8.84. The zero-order valence-electron chi connectivity index (χ0n) is 13.9. The Balaban J connectivity index is 1.72. The van der Waals surface area contributed by atoms with Gasteiger partial charge in [0.05, 0.1) is 10.6 Å². The summed E-state index contributed by atoms with van der Waals surface area (Å²) >= 11 is 11.6. The van der Waals surface area contributed by atoms with Crippen molar-refractivity contribution in [3.05, 3.63) is 34.9 Å². The number of nitrogens with one attached hydrogen (secondary N) is 1. The van der Waals surface area contributed by atoms with Crippen LogP contribution in [0.25, 0.3) is 0 Å². The molecule has 1 heterocycles. The lowest BCUT2D eigenvalue weighted by molar-refractivity contribution is 0.0972. The zero-order chi connectivity index (χ0) is 16.8. The van der Waals surface area contributed by atoms with Gasteiger partial charge in [-0.15, -0.1) is 0 Å². The van der Waals surface area contributed by atoms with Gasteiger partial charge in [0.25, 0.3) is 5.91 Å². The summed E-state index contributed by atoms with van der Waals surface area (Å²) in [7, 11) is 0. The smallest absolute Gasteiger partial charge is 0.258 e. The van der Waals surface area contributed by atoms with Gasteiger partial charge in [-0.05, 0) is 54.4 Å². The Hall–Kier alpha value is -1.13. The Labute approximate surface area is 148 Å². The molecule has 1 aromatic rings. The van der Waals surface area contributed by atoms with Crippen LogP contribution in [0.4, 0.5) is 0 Å². The first-order valence-electron chi connectivity index (χ1n) is 8.06. The van der Waals surface area contributed by atoms with E-state index >= 15 is 0 Å². The summed E-state index contributed by atoms with van der Waals surface area (Å²) in [6.45, 7) is 7.90. The number of carbonyl (C=O) groups excluding carboxylic acids is 1. The molecule has 1 aromatic carbocycles. The number of nitrogens with zero attached hydrogens (tertiary/aromatic N) is 1. The number of rotatable bonds is 1. The van der Waals surface area contributed by atoms with E-state index in [0.717, 1.165) is 19.4 Å². The minimum atomic E-state index is -0.230. The molecule has 0 unspecified atom stereocenters. The molecule has 23 heavy (non-hydrogen) atoms. The summed E-state index contributed by atoms with van der Waals surface area (Å²) in [5.41, 5.74) is 1.07. The Bertz CT molecular complexity index is 660. The number of fused-ring (bicyclic) bond motifs is 2. The standard InChI is InChI=1S/C18H23ClN2OS/c1-17(2)8-12-9-18(3,10-17)11-21(12)16(23)20-15(22)13-6-4-5-7-14(13)19/h4-7,12H,8-11H2,1-3H3,(H,20,22,23)/t12-,18-/m1/s1. The lowest BCUT2D eigenvalue weighted by Gasteiger charge is -2.39. The molecule has 1 aliphatic carbocycles. The number of amides is 1. The molecule has 0 aromatic heterocycles. The maximum absolute atomic E-state index is 12.4. The second-order valence-corrected chi connectivity index (χ2v) is 8.87. The average Bonchev–Trinajstić information content (AvgIpc) is 2.68. The van der Waals surface area contributed by atoms with Crippen LogP contribution in [-0.2, 0) is 0 Å². The summed E-state index contributed by atoms with van der Waals surface area (Å²) in [4.78, 5) is 14.6. The Morgan fingerprint density at radius 1 is 1.30 bits per heavy atom. The van der Waals surface area contributed by atoms with Crippen molar-refractivity contribution in [1.82, 2.24) is 10.2 Å². The Morgan fingerprint density at radius 2 is 2.00 bits per heavy atom. The van der Waals surface area contributed by atoms with Gasteiger partial charge < -0.3 is 4.90 Å². The van der Waals surface area contributed by atoms with Crippen LogP contribution in [0.15, 0.2) is 24.3 Å². The van der Waals surface area contributed by atoms with E-state index in [1.807, 2.05) is 6.07 Å². The first-order chi connectivity index (χ1) is 10.7. The fraction of sp³-hybridized carbons (Fsp3) is 0.556. The first kappa shape index (κ1) is 16.7. The van der Waals surface area contributed by atoms with Crippen LogP contribution >= 0.6 is 23.8 Å². The highest BCUT2D eigenvalue weighted by atomic mass is 35.5. The number of benzene rings is 1. The maximum Gasteiger partial charge on any atom is 0.258 e.